The topological polar surface area (TPSA) is 99.1 Å². The number of aliphatic hydroxyl groups is 1. The molecule has 1 heterocycles. The van der Waals surface area contributed by atoms with E-state index in [0.717, 1.165) is 11.8 Å². The lowest BCUT2D eigenvalue weighted by Gasteiger charge is -1.94. The highest BCUT2D eigenvalue weighted by Gasteiger charge is 2.09. The molecule has 0 saturated heterocycles. The Balaban J connectivity index is 2.54. The average molecular weight is 203 g/mol. The molecule has 0 saturated carbocycles. The maximum absolute atomic E-state index is 10.2. The minimum absolute atomic E-state index is 0.0862. The first kappa shape index (κ1) is 10.0. The lowest BCUT2D eigenvalue weighted by atomic mass is 10.4. The van der Waals surface area contributed by atoms with Crippen LogP contribution in [0.25, 0.3) is 0 Å². The molecule has 6 nitrogen and oxygen atoms in total. The number of H-pyrrole nitrogens is 1. The highest BCUT2D eigenvalue weighted by Crippen LogP contribution is 2.14. The summed E-state index contributed by atoms with van der Waals surface area (Å²) < 4.78 is 0. The summed E-state index contributed by atoms with van der Waals surface area (Å²) >= 11 is 1.00. The number of carboxylic acids is 1. The minimum Gasteiger partial charge on any atom is -0.481 e. The van der Waals surface area contributed by atoms with Gasteiger partial charge in [-0.15, -0.1) is 5.10 Å². The number of aromatic amines is 1. The first-order valence-electron chi connectivity index (χ1n) is 3.54. The summed E-state index contributed by atoms with van der Waals surface area (Å²) in [5.41, 5.74) is 0. The normalized spacial score (nSPS) is 12.8. The molecule has 0 amide bonds. The fourth-order valence-corrected chi connectivity index (χ4v) is 1.16. The van der Waals surface area contributed by atoms with Crippen molar-refractivity contribution in [2.24, 2.45) is 0 Å². The summed E-state index contributed by atoms with van der Waals surface area (Å²) in [6.07, 6.45) is -0.716. The smallest absolute Gasteiger partial charge is 0.313 e. The number of carboxylic acid groups (broad SMARTS) is 1. The van der Waals surface area contributed by atoms with Crippen LogP contribution in [0.15, 0.2) is 5.16 Å². The van der Waals surface area contributed by atoms with Gasteiger partial charge in [0, 0.05) is 0 Å². The van der Waals surface area contributed by atoms with Crippen LogP contribution in [-0.2, 0) is 4.79 Å². The van der Waals surface area contributed by atoms with Gasteiger partial charge in [-0.1, -0.05) is 11.8 Å². The summed E-state index contributed by atoms with van der Waals surface area (Å²) in [6, 6.07) is 0. The quantitative estimate of drug-likeness (QED) is 0.597. The molecule has 72 valence electrons. The third kappa shape index (κ3) is 3.03. The maximum Gasteiger partial charge on any atom is 0.313 e. The molecule has 1 atom stereocenters. The molecular weight excluding hydrogens is 194 g/mol. The van der Waals surface area contributed by atoms with Crippen molar-refractivity contribution in [3.63, 3.8) is 0 Å². The van der Waals surface area contributed by atoms with Crippen molar-refractivity contribution in [2.75, 3.05) is 5.75 Å². The Morgan fingerprint density at radius 1 is 1.77 bits per heavy atom. The van der Waals surface area contributed by atoms with Gasteiger partial charge < -0.3 is 10.2 Å². The van der Waals surface area contributed by atoms with Crippen LogP contribution in [0.4, 0.5) is 0 Å². The van der Waals surface area contributed by atoms with Crippen molar-refractivity contribution in [2.45, 2.75) is 18.2 Å². The van der Waals surface area contributed by atoms with Crippen molar-refractivity contribution in [3.05, 3.63) is 5.82 Å². The number of carbonyl (C=O) groups is 1. The lowest BCUT2D eigenvalue weighted by Crippen LogP contribution is -1.98. The van der Waals surface area contributed by atoms with E-state index in [1.807, 2.05) is 0 Å². The third-order valence-electron chi connectivity index (χ3n) is 1.20. The summed E-state index contributed by atoms with van der Waals surface area (Å²) in [7, 11) is 0. The van der Waals surface area contributed by atoms with Crippen molar-refractivity contribution in [1.82, 2.24) is 15.2 Å². The second-order valence-corrected chi connectivity index (χ2v) is 3.30. The third-order valence-corrected chi connectivity index (χ3v) is 2.03. The average Bonchev–Trinajstić information content (AvgIpc) is 2.48. The largest absolute Gasteiger partial charge is 0.481 e. The number of nitrogens with one attached hydrogen (secondary N) is 1. The monoisotopic (exact) mass is 203 g/mol. The Labute approximate surface area is 78.4 Å². The van der Waals surface area contributed by atoms with Crippen LogP contribution in [0.2, 0.25) is 0 Å². The first-order chi connectivity index (χ1) is 6.09. The number of hydrogen-bond donors (Lipinski definition) is 3. The fraction of sp³-hybridized carbons (Fsp3) is 0.500. The highest BCUT2D eigenvalue weighted by molar-refractivity contribution is 7.99. The molecule has 0 aliphatic rings. The highest BCUT2D eigenvalue weighted by atomic mass is 32.2. The second kappa shape index (κ2) is 4.24. The molecule has 13 heavy (non-hydrogen) atoms. The number of aliphatic carboxylic acids is 1. The Morgan fingerprint density at radius 2 is 2.46 bits per heavy atom. The molecule has 1 aromatic heterocycles. The Morgan fingerprint density at radius 3 is 2.92 bits per heavy atom. The molecule has 1 rings (SSSR count). The number of rotatable bonds is 4. The van der Waals surface area contributed by atoms with Crippen molar-refractivity contribution < 1.29 is 15.0 Å². The van der Waals surface area contributed by atoms with Gasteiger partial charge in [0.05, 0.1) is 5.75 Å². The molecule has 0 aliphatic carbocycles. The van der Waals surface area contributed by atoms with Gasteiger partial charge in [-0.05, 0) is 6.92 Å². The van der Waals surface area contributed by atoms with Gasteiger partial charge in [-0.25, -0.2) is 4.98 Å². The lowest BCUT2D eigenvalue weighted by molar-refractivity contribution is -0.133. The van der Waals surface area contributed by atoms with Crippen LogP contribution >= 0.6 is 11.8 Å². The Kier molecular flexibility index (Phi) is 3.26. The number of thioether (sulfide) groups is 1. The van der Waals surface area contributed by atoms with E-state index in [1.54, 1.807) is 6.92 Å². The zero-order chi connectivity index (χ0) is 9.84. The van der Waals surface area contributed by atoms with Crippen LogP contribution in [0.5, 0.6) is 0 Å². The number of hydrogen-bond acceptors (Lipinski definition) is 5. The second-order valence-electron chi connectivity index (χ2n) is 2.36. The maximum atomic E-state index is 10.2. The van der Waals surface area contributed by atoms with Crippen LogP contribution in [-0.4, -0.2) is 37.1 Å². The van der Waals surface area contributed by atoms with Crippen molar-refractivity contribution in [3.8, 4) is 0 Å². The molecule has 7 heteroatoms. The molecular formula is C6H9N3O3S. The first-order valence-corrected chi connectivity index (χ1v) is 4.53. The van der Waals surface area contributed by atoms with Crippen LogP contribution < -0.4 is 0 Å². The van der Waals surface area contributed by atoms with E-state index in [2.05, 4.69) is 15.2 Å². The molecule has 1 unspecified atom stereocenters. The standard InChI is InChI=1S/C6H9N3O3S/c1-3(10)5-7-6(9-8-5)13-2-4(11)12/h3,10H,2H2,1H3,(H,11,12)(H,7,8,9). The van der Waals surface area contributed by atoms with E-state index < -0.39 is 12.1 Å². The van der Waals surface area contributed by atoms with Gasteiger partial charge >= 0.3 is 5.97 Å². The minimum atomic E-state index is -0.923. The Bertz CT molecular complexity index is 299. The van der Waals surface area contributed by atoms with E-state index in [1.165, 1.54) is 0 Å². The molecule has 0 fully saturated rings. The van der Waals surface area contributed by atoms with E-state index in [-0.39, 0.29) is 5.75 Å². The van der Waals surface area contributed by atoms with Crippen LogP contribution in [0.3, 0.4) is 0 Å². The predicted octanol–water partition coefficient (Wildman–Crippen LogP) is 0.0347. The van der Waals surface area contributed by atoms with Gasteiger partial charge in [-0.2, -0.15) is 0 Å². The van der Waals surface area contributed by atoms with E-state index in [9.17, 15) is 4.79 Å². The van der Waals surface area contributed by atoms with E-state index >= 15 is 0 Å². The molecule has 0 bridgehead atoms. The molecule has 0 aliphatic heterocycles. The van der Waals surface area contributed by atoms with E-state index in [0.29, 0.717) is 11.0 Å². The molecule has 0 spiro atoms. The summed E-state index contributed by atoms with van der Waals surface area (Å²) in [5.74, 6) is -0.668. The summed E-state index contributed by atoms with van der Waals surface area (Å²) in [6.45, 7) is 1.55. The van der Waals surface area contributed by atoms with Crippen molar-refractivity contribution in [1.29, 1.82) is 0 Å². The molecule has 0 radical (unpaired) electrons. The van der Waals surface area contributed by atoms with E-state index in [4.69, 9.17) is 10.2 Å². The van der Waals surface area contributed by atoms with Gasteiger partial charge in [0.2, 0.25) is 5.16 Å². The SMILES string of the molecule is CC(O)c1nc(SCC(=O)O)n[nH]1. The zero-order valence-corrected chi connectivity index (χ0v) is 7.71. The zero-order valence-electron chi connectivity index (χ0n) is 6.89. The fourth-order valence-electron chi connectivity index (χ4n) is 0.636. The molecule has 0 aromatic carbocycles. The van der Waals surface area contributed by atoms with Gasteiger partial charge in [-0.3, -0.25) is 9.89 Å². The van der Waals surface area contributed by atoms with Crippen molar-refractivity contribution >= 4 is 17.7 Å². The summed E-state index contributed by atoms with van der Waals surface area (Å²) in [5, 5.41) is 24.0. The van der Waals surface area contributed by atoms with Crippen LogP contribution in [0, 0.1) is 0 Å². The molecule has 1 aromatic rings. The predicted molar refractivity (Wildman–Crippen MR) is 45.4 cm³/mol. The Hall–Kier alpha value is -1.08. The van der Waals surface area contributed by atoms with Gasteiger partial charge in [0.15, 0.2) is 5.82 Å². The van der Waals surface area contributed by atoms with Crippen LogP contribution in [0.1, 0.15) is 18.9 Å². The number of aliphatic hydroxyl groups excluding tert-OH is 1. The van der Waals surface area contributed by atoms with Gasteiger partial charge in [0.1, 0.15) is 6.10 Å². The molecule has 3 N–H and O–H groups in total. The number of nitrogens with zero attached hydrogens (tertiary/aromatic N) is 2. The number of aromatic nitrogens is 3. The van der Waals surface area contributed by atoms with Gasteiger partial charge in [0.25, 0.3) is 0 Å². The summed E-state index contributed by atoms with van der Waals surface area (Å²) in [4.78, 5) is 14.0.